The number of hydrogen-bond donors (Lipinski definition) is 1. The van der Waals surface area contributed by atoms with Crippen LogP contribution in [0.25, 0.3) is 5.70 Å². The molecule has 0 radical (unpaired) electrons. The molecule has 8 nitrogen and oxygen atoms in total. The van der Waals surface area contributed by atoms with Crippen LogP contribution in [0.5, 0.6) is 11.5 Å². The van der Waals surface area contributed by atoms with Gasteiger partial charge in [0, 0.05) is 17.3 Å². The predicted octanol–water partition coefficient (Wildman–Crippen LogP) is 4.14. The van der Waals surface area contributed by atoms with Gasteiger partial charge in [0.25, 0.3) is 5.91 Å². The fourth-order valence-corrected chi connectivity index (χ4v) is 4.68. The van der Waals surface area contributed by atoms with Crippen molar-refractivity contribution >= 4 is 17.6 Å². The Balaban J connectivity index is 1.52. The highest BCUT2D eigenvalue weighted by molar-refractivity contribution is 5.93. The second kappa shape index (κ2) is 11.3. The van der Waals surface area contributed by atoms with Crippen LogP contribution in [0.1, 0.15) is 60.8 Å². The molecule has 2 aliphatic rings. The van der Waals surface area contributed by atoms with Crippen molar-refractivity contribution in [1.29, 1.82) is 0 Å². The number of benzene rings is 1. The first-order valence-electron chi connectivity index (χ1n) is 12.2. The van der Waals surface area contributed by atoms with Crippen LogP contribution in [0.4, 0.5) is 0 Å². The summed E-state index contributed by atoms with van der Waals surface area (Å²) in [5, 5.41) is 7.81. The van der Waals surface area contributed by atoms with Gasteiger partial charge in [0.1, 0.15) is 0 Å². The largest absolute Gasteiger partial charge is 0.493 e. The van der Waals surface area contributed by atoms with Gasteiger partial charge in [0.15, 0.2) is 17.2 Å². The highest BCUT2D eigenvalue weighted by Gasteiger charge is 2.29. The van der Waals surface area contributed by atoms with Crippen molar-refractivity contribution in [3.63, 3.8) is 0 Å². The van der Waals surface area contributed by atoms with E-state index in [1.54, 1.807) is 14.2 Å². The number of nitrogens with zero attached hydrogens (tertiary/aromatic N) is 2. The summed E-state index contributed by atoms with van der Waals surface area (Å²) in [6, 6.07) is 7.62. The third-order valence-electron chi connectivity index (χ3n) is 6.56. The van der Waals surface area contributed by atoms with E-state index in [4.69, 9.17) is 19.3 Å². The molecule has 8 heteroatoms. The van der Waals surface area contributed by atoms with Gasteiger partial charge < -0.3 is 19.5 Å². The molecule has 0 bridgehead atoms. The summed E-state index contributed by atoms with van der Waals surface area (Å²) >= 11 is 0. The first-order valence-corrected chi connectivity index (χ1v) is 12.2. The van der Waals surface area contributed by atoms with Crippen molar-refractivity contribution < 1.29 is 23.8 Å². The number of nitrogens with one attached hydrogen (secondary N) is 1. The molecule has 2 aromatic rings. The molecule has 0 spiro atoms. The molecule has 0 atom stereocenters. The summed E-state index contributed by atoms with van der Waals surface area (Å²) in [6.45, 7) is 2.22. The quantitative estimate of drug-likeness (QED) is 0.600. The molecule has 1 fully saturated rings. The van der Waals surface area contributed by atoms with Crippen LogP contribution in [0.3, 0.4) is 0 Å². The lowest BCUT2D eigenvalue weighted by molar-refractivity contribution is -0.149. The number of aromatic nitrogens is 2. The SMILES string of the molecule is CCOC(=O)[C@H]1CC[C@H](NC(=O)c2cc3n(n2)/C(c2ccc(OC)c(OC)c2)=C\C=C/CC3)CC1. The Kier molecular flexibility index (Phi) is 7.90. The Bertz CT molecular complexity index is 1130. The number of rotatable bonds is 7. The molecule has 1 aliphatic heterocycles. The van der Waals surface area contributed by atoms with E-state index in [1.807, 2.05) is 48.0 Å². The third kappa shape index (κ3) is 5.58. The molecule has 1 saturated carbocycles. The number of hydrogen-bond acceptors (Lipinski definition) is 6. The zero-order chi connectivity index (χ0) is 24.8. The topological polar surface area (TPSA) is 91.7 Å². The van der Waals surface area contributed by atoms with E-state index < -0.39 is 0 Å². The standard InChI is InChI=1S/C27H33N3O5/c1-4-35-27(32)18-10-13-20(14-11-18)28-26(31)22-17-21-8-6-5-7-9-23(30(21)29-22)19-12-15-24(33-2)25(16-19)34-3/h5,7,9,12,15-18,20H,4,6,8,10-11,13-14H2,1-3H3,(H,28,31)/b7-5-,23-9-/t18-,20-. The predicted molar refractivity (Wildman–Crippen MR) is 132 cm³/mol. The Labute approximate surface area is 205 Å². The summed E-state index contributed by atoms with van der Waals surface area (Å²) in [5.74, 6) is 0.883. The number of esters is 1. The smallest absolute Gasteiger partial charge is 0.308 e. The molecule has 1 aromatic carbocycles. The Morgan fingerprint density at radius 2 is 1.86 bits per heavy atom. The minimum absolute atomic E-state index is 0.0278. The highest BCUT2D eigenvalue weighted by atomic mass is 16.5. The zero-order valence-corrected chi connectivity index (χ0v) is 20.6. The molecule has 0 unspecified atom stereocenters. The monoisotopic (exact) mass is 479 g/mol. The van der Waals surface area contributed by atoms with Gasteiger partial charge in [0.2, 0.25) is 0 Å². The molecule has 1 N–H and O–H groups in total. The van der Waals surface area contributed by atoms with Crippen molar-refractivity contribution in [2.24, 2.45) is 5.92 Å². The van der Waals surface area contributed by atoms with E-state index in [-0.39, 0.29) is 23.8 Å². The fourth-order valence-electron chi connectivity index (χ4n) is 4.68. The summed E-state index contributed by atoms with van der Waals surface area (Å²) in [6.07, 6.45) is 10.7. The Morgan fingerprint density at radius 1 is 1.09 bits per heavy atom. The van der Waals surface area contributed by atoms with E-state index in [0.29, 0.717) is 23.8 Å². The average Bonchev–Trinajstić information content (AvgIpc) is 3.27. The lowest BCUT2D eigenvalue weighted by atomic mass is 9.86. The minimum Gasteiger partial charge on any atom is -0.493 e. The lowest BCUT2D eigenvalue weighted by Gasteiger charge is -2.27. The number of carbonyl (C=O) groups excluding carboxylic acids is 2. The van der Waals surface area contributed by atoms with E-state index in [1.165, 1.54) is 0 Å². The minimum atomic E-state index is -0.191. The number of carbonyl (C=O) groups is 2. The van der Waals surface area contributed by atoms with Crippen molar-refractivity contribution in [2.45, 2.75) is 51.5 Å². The first kappa shape index (κ1) is 24.6. The van der Waals surface area contributed by atoms with Crippen LogP contribution in [0, 0.1) is 5.92 Å². The molecule has 1 amide bonds. The maximum atomic E-state index is 13.1. The van der Waals surface area contributed by atoms with Gasteiger partial charge in [-0.05, 0) is 75.8 Å². The molecular formula is C27H33N3O5. The Morgan fingerprint density at radius 3 is 2.57 bits per heavy atom. The number of methoxy groups -OCH3 is 2. The molecule has 1 aromatic heterocycles. The zero-order valence-electron chi connectivity index (χ0n) is 20.6. The van der Waals surface area contributed by atoms with Crippen LogP contribution in [-0.4, -0.2) is 48.5 Å². The molecule has 0 saturated heterocycles. The van der Waals surface area contributed by atoms with Crippen LogP contribution >= 0.6 is 0 Å². The second-order valence-electron chi connectivity index (χ2n) is 8.80. The van der Waals surface area contributed by atoms with E-state index in [0.717, 1.165) is 55.5 Å². The number of aryl methyl sites for hydroxylation is 1. The molecular weight excluding hydrogens is 446 g/mol. The van der Waals surface area contributed by atoms with Crippen molar-refractivity contribution in [3.05, 3.63) is 59.4 Å². The normalized spacial score (nSPS) is 22.0. The molecule has 35 heavy (non-hydrogen) atoms. The number of amides is 1. The first-order chi connectivity index (χ1) is 17.0. The van der Waals surface area contributed by atoms with E-state index in [9.17, 15) is 9.59 Å². The van der Waals surface area contributed by atoms with Crippen molar-refractivity contribution in [3.8, 4) is 11.5 Å². The van der Waals surface area contributed by atoms with Crippen LogP contribution in [-0.2, 0) is 16.0 Å². The molecule has 4 rings (SSSR count). The van der Waals surface area contributed by atoms with Crippen LogP contribution in [0.15, 0.2) is 42.5 Å². The van der Waals surface area contributed by atoms with Gasteiger partial charge in [0.05, 0.1) is 32.4 Å². The summed E-state index contributed by atoms with van der Waals surface area (Å²) in [7, 11) is 3.21. The lowest BCUT2D eigenvalue weighted by Crippen LogP contribution is -2.39. The average molecular weight is 480 g/mol. The summed E-state index contributed by atoms with van der Waals surface area (Å²) < 4.78 is 17.8. The maximum Gasteiger partial charge on any atom is 0.308 e. The van der Waals surface area contributed by atoms with Crippen LogP contribution in [0.2, 0.25) is 0 Å². The third-order valence-corrected chi connectivity index (χ3v) is 6.56. The van der Waals surface area contributed by atoms with Gasteiger partial charge in [-0.3, -0.25) is 9.59 Å². The van der Waals surface area contributed by atoms with Crippen molar-refractivity contribution in [2.75, 3.05) is 20.8 Å². The van der Waals surface area contributed by atoms with E-state index in [2.05, 4.69) is 11.4 Å². The fraction of sp³-hybridized carbons (Fsp3) is 0.444. The number of ether oxygens (including phenoxy) is 3. The maximum absolute atomic E-state index is 13.1. The summed E-state index contributed by atoms with van der Waals surface area (Å²) in [4.78, 5) is 25.1. The number of fused-ring (bicyclic) bond motifs is 1. The molecule has 1 aliphatic carbocycles. The second-order valence-corrected chi connectivity index (χ2v) is 8.80. The van der Waals surface area contributed by atoms with Crippen molar-refractivity contribution in [1.82, 2.24) is 15.1 Å². The Hall–Kier alpha value is -3.55. The van der Waals surface area contributed by atoms with Gasteiger partial charge in [-0.15, -0.1) is 0 Å². The molecule has 2 heterocycles. The van der Waals surface area contributed by atoms with Crippen LogP contribution < -0.4 is 14.8 Å². The van der Waals surface area contributed by atoms with Gasteiger partial charge in [-0.2, -0.15) is 5.10 Å². The highest BCUT2D eigenvalue weighted by Crippen LogP contribution is 2.32. The van der Waals surface area contributed by atoms with Gasteiger partial charge in [-0.1, -0.05) is 12.2 Å². The van der Waals surface area contributed by atoms with E-state index >= 15 is 0 Å². The van der Waals surface area contributed by atoms with Gasteiger partial charge >= 0.3 is 5.97 Å². The van der Waals surface area contributed by atoms with Gasteiger partial charge in [-0.25, -0.2) is 4.68 Å². The molecule has 186 valence electrons. The number of allylic oxidation sites excluding steroid dienone is 3. The summed E-state index contributed by atoms with van der Waals surface area (Å²) in [5.41, 5.74) is 3.11.